The minimum absolute atomic E-state index is 0.0480. The van der Waals surface area contributed by atoms with E-state index in [4.69, 9.17) is 16.1 Å². The van der Waals surface area contributed by atoms with Gasteiger partial charge in [-0.3, -0.25) is 0 Å². The Morgan fingerprint density at radius 2 is 1.90 bits per heavy atom. The second-order valence-corrected chi connectivity index (χ2v) is 4.86. The first kappa shape index (κ1) is 13.6. The maximum Gasteiger partial charge on any atom is 0.262 e. The van der Waals surface area contributed by atoms with E-state index in [2.05, 4.69) is 10.1 Å². The van der Waals surface area contributed by atoms with Crippen molar-refractivity contribution in [2.75, 3.05) is 0 Å². The third kappa shape index (κ3) is 2.87. The summed E-state index contributed by atoms with van der Waals surface area (Å²) in [5, 5.41) is 13.3. The molecule has 0 aliphatic carbocycles. The van der Waals surface area contributed by atoms with Crippen molar-refractivity contribution in [1.82, 2.24) is 10.1 Å². The summed E-state index contributed by atoms with van der Waals surface area (Å²) in [5.41, 5.74) is 1.00. The van der Waals surface area contributed by atoms with Gasteiger partial charge in [-0.2, -0.15) is 4.98 Å². The monoisotopic (exact) mass is 304 g/mol. The number of nitrogens with zero attached hydrogens (tertiary/aromatic N) is 2. The van der Waals surface area contributed by atoms with Gasteiger partial charge < -0.3 is 9.63 Å². The quantitative estimate of drug-likeness (QED) is 0.799. The van der Waals surface area contributed by atoms with Crippen LogP contribution >= 0.6 is 11.6 Å². The molecule has 0 spiro atoms. The standard InChI is InChI=1S/C15H10ClFN2O2/c16-11-2-1-3-12(17)14(11)15-18-13(19-21-15)8-9-4-6-10(20)7-5-9/h1-7,20H,8H2. The van der Waals surface area contributed by atoms with Gasteiger partial charge in [0, 0.05) is 6.42 Å². The molecule has 106 valence electrons. The van der Waals surface area contributed by atoms with Crippen LogP contribution in [0, 0.1) is 5.82 Å². The summed E-state index contributed by atoms with van der Waals surface area (Å²) in [6.07, 6.45) is 0.413. The van der Waals surface area contributed by atoms with E-state index in [1.54, 1.807) is 30.3 Å². The maximum absolute atomic E-state index is 13.8. The molecule has 0 fully saturated rings. The number of rotatable bonds is 3. The number of aromatic hydroxyl groups is 1. The minimum Gasteiger partial charge on any atom is -0.508 e. The Bertz CT molecular complexity index is 751. The average Bonchev–Trinajstić information content (AvgIpc) is 2.89. The molecule has 0 atom stereocenters. The summed E-state index contributed by atoms with van der Waals surface area (Å²) >= 11 is 5.96. The molecule has 0 saturated heterocycles. The lowest BCUT2D eigenvalue weighted by Gasteiger charge is -1.99. The second kappa shape index (κ2) is 5.54. The van der Waals surface area contributed by atoms with Gasteiger partial charge >= 0.3 is 0 Å². The third-order valence-corrected chi connectivity index (χ3v) is 3.26. The number of halogens is 2. The van der Waals surface area contributed by atoms with Crippen molar-refractivity contribution in [2.45, 2.75) is 6.42 Å². The molecule has 0 aliphatic rings. The average molecular weight is 305 g/mol. The van der Waals surface area contributed by atoms with E-state index in [-0.39, 0.29) is 22.2 Å². The van der Waals surface area contributed by atoms with E-state index in [0.717, 1.165) is 5.56 Å². The predicted molar refractivity (Wildman–Crippen MR) is 75.6 cm³/mol. The number of phenolic OH excluding ortho intramolecular Hbond substituents is 1. The first-order valence-electron chi connectivity index (χ1n) is 6.18. The molecule has 6 heteroatoms. The molecule has 0 bridgehead atoms. The summed E-state index contributed by atoms with van der Waals surface area (Å²) in [6, 6.07) is 11.0. The van der Waals surface area contributed by atoms with Crippen LogP contribution in [0.1, 0.15) is 11.4 Å². The van der Waals surface area contributed by atoms with E-state index >= 15 is 0 Å². The van der Waals surface area contributed by atoms with E-state index in [9.17, 15) is 9.50 Å². The number of aromatic nitrogens is 2. The van der Waals surface area contributed by atoms with Crippen molar-refractivity contribution >= 4 is 11.6 Å². The molecule has 1 aromatic heterocycles. The lowest BCUT2D eigenvalue weighted by Crippen LogP contribution is -1.91. The van der Waals surface area contributed by atoms with Gasteiger partial charge in [0.1, 0.15) is 11.6 Å². The van der Waals surface area contributed by atoms with Crippen LogP contribution in [0.3, 0.4) is 0 Å². The molecule has 0 amide bonds. The zero-order valence-corrected chi connectivity index (χ0v) is 11.5. The topological polar surface area (TPSA) is 59.2 Å². The minimum atomic E-state index is -0.512. The summed E-state index contributed by atoms with van der Waals surface area (Å²) < 4.78 is 18.9. The Morgan fingerprint density at radius 3 is 2.62 bits per heavy atom. The smallest absolute Gasteiger partial charge is 0.262 e. The van der Waals surface area contributed by atoms with Gasteiger partial charge in [-0.15, -0.1) is 0 Å². The largest absolute Gasteiger partial charge is 0.508 e. The first-order chi connectivity index (χ1) is 10.1. The molecule has 2 aromatic carbocycles. The highest BCUT2D eigenvalue weighted by molar-refractivity contribution is 6.33. The van der Waals surface area contributed by atoms with Crippen LogP contribution in [0.4, 0.5) is 4.39 Å². The third-order valence-electron chi connectivity index (χ3n) is 2.94. The Hall–Kier alpha value is -2.40. The second-order valence-electron chi connectivity index (χ2n) is 4.46. The molecule has 0 radical (unpaired) electrons. The number of phenols is 1. The summed E-state index contributed by atoms with van der Waals surface area (Å²) in [6.45, 7) is 0. The van der Waals surface area contributed by atoms with Crippen molar-refractivity contribution in [3.63, 3.8) is 0 Å². The Balaban J connectivity index is 1.88. The molecule has 21 heavy (non-hydrogen) atoms. The van der Waals surface area contributed by atoms with Crippen LogP contribution < -0.4 is 0 Å². The fraction of sp³-hybridized carbons (Fsp3) is 0.0667. The molecule has 3 rings (SSSR count). The summed E-state index contributed by atoms with van der Waals surface area (Å²) in [4.78, 5) is 4.16. The Morgan fingerprint density at radius 1 is 1.14 bits per heavy atom. The molecule has 0 saturated carbocycles. The summed E-state index contributed by atoms with van der Waals surface area (Å²) in [7, 11) is 0. The molecule has 0 aliphatic heterocycles. The summed E-state index contributed by atoms with van der Waals surface area (Å²) in [5.74, 6) is 0.134. The Kier molecular flexibility index (Phi) is 3.58. The van der Waals surface area contributed by atoms with E-state index in [1.165, 1.54) is 12.1 Å². The SMILES string of the molecule is Oc1ccc(Cc2noc(-c3c(F)cccc3Cl)n2)cc1. The van der Waals surface area contributed by atoms with Crippen LogP contribution in [0.2, 0.25) is 5.02 Å². The molecule has 1 heterocycles. The molecule has 3 aromatic rings. The molecular weight excluding hydrogens is 295 g/mol. The van der Waals surface area contributed by atoms with Gasteiger partial charge in [-0.1, -0.05) is 35.0 Å². The van der Waals surface area contributed by atoms with Gasteiger partial charge in [-0.05, 0) is 29.8 Å². The van der Waals surface area contributed by atoms with Crippen molar-refractivity contribution in [2.24, 2.45) is 0 Å². The fourth-order valence-electron chi connectivity index (χ4n) is 1.93. The van der Waals surface area contributed by atoms with Crippen molar-refractivity contribution in [3.05, 3.63) is 64.7 Å². The lowest BCUT2D eigenvalue weighted by atomic mass is 10.1. The van der Waals surface area contributed by atoms with Gasteiger partial charge in [-0.25, -0.2) is 4.39 Å². The van der Waals surface area contributed by atoms with Crippen LogP contribution in [-0.4, -0.2) is 15.2 Å². The predicted octanol–water partition coefficient (Wildman–Crippen LogP) is 3.83. The zero-order valence-electron chi connectivity index (χ0n) is 10.8. The van der Waals surface area contributed by atoms with Gasteiger partial charge in [0.15, 0.2) is 5.82 Å². The maximum atomic E-state index is 13.8. The highest BCUT2D eigenvalue weighted by Gasteiger charge is 2.16. The van der Waals surface area contributed by atoms with Gasteiger partial charge in [0.2, 0.25) is 0 Å². The number of hydrogen-bond acceptors (Lipinski definition) is 4. The normalized spacial score (nSPS) is 10.8. The van der Waals surface area contributed by atoms with E-state index in [1.807, 2.05) is 0 Å². The van der Waals surface area contributed by atoms with E-state index < -0.39 is 5.82 Å². The van der Waals surface area contributed by atoms with Crippen LogP contribution in [-0.2, 0) is 6.42 Å². The highest BCUT2D eigenvalue weighted by Crippen LogP contribution is 2.29. The lowest BCUT2D eigenvalue weighted by molar-refractivity contribution is 0.421. The molecule has 0 unspecified atom stereocenters. The molecular formula is C15H10ClFN2O2. The van der Waals surface area contributed by atoms with Crippen LogP contribution in [0.25, 0.3) is 11.5 Å². The van der Waals surface area contributed by atoms with Gasteiger partial charge in [0.05, 0.1) is 10.6 Å². The van der Waals surface area contributed by atoms with Crippen LogP contribution in [0.15, 0.2) is 47.0 Å². The fourth-order valence-corrected chi connectivity index (χ4v) is 2.17. The molecule has 4 nitrogen and oxygen atoms in total. The number of hydrogen-bond donors (Lipinski definition) is 1. The van der Waals surface area contributed by atoms with Crippen molar-refractivity contribution in [3.8, 4) is 17.2 Å². The van der Waals surface area contributed by atoms with Crippen LogP contribution in [0.5, 0.6) is 5.75 Å². The zero-order chi connectivity index (χ0) is 14.8. The first-order valence-corrected chi connectivity index (χ1v) is 6.56. The van der Waals surface area contributed by atoms with E-state index in [0.29, 0.717) is 12.2 Å². The van der Waals surface area contributed by atoms with Gasteiger partial charge in [0.25, 0.3) is 5.89 Å². The van der Waals surface area contributed by atoms with Crippen molar-refractivity contribution < 1.29 is 14.0 Å². The Labute approximate surface area is 124 Å². The highest BCUT2D eigenvalue weighted by atomic mass is 35.5. The molecule has 1 N–H and O–H groups in total. The number of benzene rings is 2. The van der Waals surface area contributed by atoms with Crippen molar-refractivity contribution in [1.29, 1.82) is 0 Å².